The second-order valence-corrected chi connectivity index (χ2v) is 10.2. The highest BCUT2D eigenvalue weighted by molar-refractivity contribution is 6.30. The van der Waals surface area contributed by atoms with E-state index in [2.05, 4.69) is 6.92 Å². The van der Waals surface area contributed by atoms with Crippen molar-refractivity contribution >= 4 is 11.6 Å². The van der Waals surface area contributed by atoms with Gasteiger partial charge < -0.3 is 0 Å². The van der Waals surface area contributed by atoms with Crippen LogP contribution in [0.25, 0.3) is 11.1 Å². The summed E-state index contributed by atoms with van der Waals surface area (Å²) in [7, 11) is 0. The fraction of sp³-hybridized carbons (Fsp3) is 0.556. The highest BCUT2D eigenvalue weighted by Gasteiger charge is 2.26. The first-order valence-corrected chi connectivity index (χ1v) is 12.1. The van der Waals surface area contributed by atoms with Crippen molar-refractivity contribution in [2.75, 3.05) is 0 Å². The van der Waals surface area contributed by atoms with Crippen molar-refractivity contribution in [3.63, 3.8) is 0 Å². The normalized spacial score (nSPS) is 27.2. The monoisotopic (exact) mass is 430 g/mol. The van der Waals surface area contributed by atoms with Crippen LogP contribution in [0, 0.1) is 29.4 Å². The van der Waals surface area contributed by atoms with Crippen LogP contribution in [0.15, 0.2) is 36.4 Å². The topological polar surface area (TPSA) is 0 Å². The van der Waals surface area contributed by atoms with Gasteiger partial charge in [0.1, 0.15) is 11.6 Å². The first kappa shape index (κ1) is 21.8. The van der Waals surface area contributed by atoms with Crippen molar-refractivity contribution in [3.8, 4) is 11.1 Å². The minimum atomic E-state index is -0.471. The highest BCUT2D eigenvalue weighted by atomic mass is 35.5. The molecular weight excluding hydrogens is 398 g/mol. The molecule has 4 rings (SSSR count). The van der Waals surface area contributed by atoms with E-state index in [0.717, 1.165) is 36.2 Å². The molecule has 2 aliphatic rings. The van der Waals surface area contributed by atoms with E-state index in [-0.39, 0.29) is 11.5 Å². The summed E-state index contributed by atoms with van der Waals surface area (Å²) >= 11 is 5.90. The van der Waals surface area contributed by atoms with Gasteiger partial charge in [-0.05, 0) is 84.7 Å². The zero-order valence-corrected chi connectivity index (χ0v) is 18.7. The van der Waals surface area contributed by atoms with Gasteiger partial charge in [-0.3, -0.25) is 0 Å². The summed E-state index contributed by atoms with van der Waals surface area (Å²) < 4.78 is 29.6. The summed E-state index contributed by atoms with van der Waals surface area (Å²) in [6.45, 7) is 2.38. The zero-order valence-electron chi connectivity index (χ0n) is 18.0. The Kier molecular flexibility index (Phi) is 7.13. The smallest absolute Gasteiger partial charge is 0.134 e. The summed E-state index contributed by atoms with van der Waals surface area (Å²) in [4.78, 5) is 0. The molecule has 0 amide bonds. The maximum Gasteiger partial charge on any atom is 0.134 e. The predicted molar refractivity (Wildman–Crippen MR) is 122 cm³/mol. The Hall–Kier alpha value is -1.41. The number of halogens is 3. The first-order chi connectivity index (χ1) is 14.5. The van der Waals surface area contributed by atoms with Gasteiger partial charge in [-0.1, -0.05) is 69.2 Å². The van der Waals surface area contributed by atoms with Crippen LogP contribution in [-0.2, 0) is 0 Å². The molecule has 0 N–H and O–H groups in total. The Morgan fingerprint density at radius 3 is 1.80 bits per heavy atom. The van der Waals surface area contributed by atoms with Crippen LogP contribution >= 0.6 is 11.6 Å². The highest BCUT2D eigenvalue weighted by Crippen LogP contribution is 2.41. The van der Waals surface area contributed by atoms with E-state index >= 15 is 0 Å². The zero-order chi connectivity index (χ0) is 21.1. The van der Waals surface area contributed by atoms with Crippen LogP contribution < -0.4 is 0 Å². The van der Waals surface area contributed by atoms with Gasteiger partial charge in [-0.2, -0.15) is 0 Å². The van der Waals surface area contributed by atoms with E-state index in [9.17, 15) is 8.78 Å². The molecule has 0 heterocycles. The minimum Gasteiger partial charge on any atom is -0.206 e. The molecule has 162 valence electrons. The quantitative estimate of drug-likeness (QED) is 0.443. The van der Waals surface area contributed by atoms with Crippen molar-refractivity contribution in [2.24, 2.45) is 17.8 Å². The van der Waals surface area contributed by atoms with Gasteiger partial charge in [0, 0.05) is 5.02 Å². The van der Waals surface area contributed by atoms with Crippen molar-refractivity contribution in [1.82, 2.24) is 0 Å². The van der Waals surface area contributed by atoms with Crippen molar-refractivity contribution in [3.05, 3.63) is 58.6 Å². The molecule has 2 fully saturated rings. The molecule has 2 aromatic rings. The third kappa shape index (κ3) is 5.25. The Bertz CT molecular complexity index is 805. The van der Waals surface area contributed by atoms with Gasteiger partial charge in [0.25, 0.3) is 0 Å². The molecule has 2 aromatic carbocycles. The first-order valence-electron chi connectivity index (χ1n) is 11.7. The van der Waals surface area contributed by atoms with E-state index in [1.165, 1.54) is 51.4 Å². The summed E-state index contributed by atoms with van der Waals surface area (Å²) in [5.41, 5.74) is 1.40. The van der Waals surface area contributed by atoms with E-state index in [4.69, 9.17) is 11.6 Å². The molecule has 3 heteroatoms. The predicted octanol–water partition coefficient (Wildman–Crippen LogP) is 9.17. The van der Waals surface area contributed by atoms with Crippen LogP contribution in [0.2, 0.25) is 5.02 Å². The van der Waals surface area contributed by atoms with Crippen LogP contribution in [-0.4, -0.2) is 0 Å². The van der Waals surface area contributed by atoms with Crippen molar-refractivity contribution in [2.45, 2.75) is 77.0 Å². The molecule has 0 radical (unpaired) electrons. The Morgan fingerprint density at radius 1 is 0.767 bits per heavy atom. The fourth-order valence-electron chi connectivity index (χ4n) is 5.59. The van der Waals surface area contributed by atoms with E-state index in [1.54, 1.807) is 36.4 Å². The molecule has 0 atom stereocenters. The SMILES string of the molecule is CC1CCC(CCC2CCC(c3cc(F)c(-c4ccc(Cl)cc4)c(F)c3)CC2)CC1. The number of hydrogen-bond acceptors (Lipinski definition) is 0. The summed E-state index contributed by atoms with van der Waals surface area (Å²) in [5.74, 6) is 1.98. The van der Waals surface area contributed by atoms with E-state index in [0.29, 0.717) is 10.6 Å². The number of rotatable bonds is 5. The lowest BCUT2D eigenvalue weighted by molar-refractivity contribution is 0.237. The van der Waals surface area contributed by atoms with Gasteiger partial charge in [0.2, 0.25) is 0 Å². The average molecular weight is 431 g/mol. The molecule has 2 saturated carbocycles. The van der Waals surface area contributed by atoms with E-state index in [1.807, 2.05) is 0 Å². The molecule has 0 aliphatic heterocycles. The summed E-state index contributed by atoms with van der Waals surface area (Å²) in [6.07, 6.45) is 12.8. The van der Waals surface area contributed by atoms with Crippen molar-refractivity contribution in [1.29, 1.82) is 0 Å². The molecule has 2 aliphatic carbocycles. The molecule has 0 bridgehead atoms. The van der Waals surface area contributed by atoms with Crippen LogP contribution in [0.1, 0.15) is 82.6 Å². The van der Waals surface area contributed by atoms with E-state index < -0.39 is 11.6 Å². The van der Waals surface area contributed by atoms with Gasteiger partial charge in [0.05, 0.1) is 5.56 Å². The third-order valence-electron chi connectivity index (χ3n) is 7.63. The maximum absolute atomic E-state index is 14.8. The molecule has 0 spiro atoms. The summed E-state index contributed by atoms with van der Waals surface area (Å²) in [5, 5.41) is 0.561. The van der Waals surface area contributed by atoms with Gasteiger partial charge in [0.15, 0.2) is 0 Å². The Balaban J connectivity index is 1.34. The van der Waals surface area contributed by atoms with Crippen molar-refractivity contribution < 1.29 is 8.78 Å². The molecule has 0 saturated heterocycles. The second kappa shape index (κ2) is 9.81. The van der Waals surface area contributed by atoms with Crippen LogP contribution in [0.3, 0.4) is 0 Å². The lowest BCUT2D eigenvalue weighted by Gasteiger charge is -2.31. The lowest BCUT2D eigenvalue weighted by atomic mass is 9.74. The standard InChI is InChI=1S/C27H33ClF2/c1-18-2-4-19(5-3-18)6-7-20-8-10-21(11-9-20)23-16-25(29)27(26(30)17-23)22-12-14-24(28)15-13-22/h12-21H,2-11H2,1H3. The summed E-state index contributed by atoms with van der Waals surface area (Å²) in [6, 6.07) is 9.78. The van der Waals surface area contributed by atoms with Crippen LogP contribution in [0.5, 0.6) is 0 Å². The lowest BCUT2D eigenvalue weighted by Crippen LogP contribution is -2.17. The molecule has 0 aromatic heterocycles. The number of benzene rings is 2. The molecule has 0 nitrogen and oxygen atoms in total. The number of hydrogen-bond donors (Lipinski definition) is 0. The Labute approximate surface area is 185 Å². The van der Waals surface area contributed by atoms with Gasteiger partial charge in [-0.25, -0.2) is 8.78 Å². The maximum atomic E-state index is 14.8. The van der Waals surface area contributed by atoms with Gasteiger partial charge in [-0.15, -0.1) is 0 Å². The third-order valence-corrected chi connectivity index (χ3v) is 7.89. The molecule has 30 heavy (non-hydrogen) atoms. The van der Waals surface area contributed by atoms with Crippen LogP contribution in [0.4, 0.5) is 8.78 Å². The largest absolute Gasteiger partial charge is 0.206 e. The molecular formula is C27H33ClF2. The second-order valence-electron chi connectivity index (χ2n) is 9.79. The van der Waals surface area contributed by atoms with Gasteiger partial charge >= 0.3 is 0 Å². The Morgan fingerprint density at radius 2 is 1.27 bits per heavy atom. The average Bonchev–Trinajstić information content (AvgIpc) is 2.74. The fourth-order valence-corrected chi connectivity index (χ4v) is 5.72. The molecule has 0 unspecified atom stereocenters. The minimum absolute atomic E-state index is 0.0471.